The molecule has 0 radical (unpaired) electrons. The minimum atomic E-state index is -4.39. The van der Waals surface area contributed by atoms with Gasteiger partial charge >= 0.3 is 6.18 Å². The molecule has 0 fully saturated rings. The van der Waals surface area contributed by atoms with Crippen molar-refractivity contribution < 1.29 is 23.0 Å². The fourth-order valence-electron chi connectivity index (χ4n) is 1.07. The zero-order valence-electron chi connectivity index (χ0n) is 9.02. The second kappa shape index (κ2) is 5.99. The van der Waals surface area contributed by atoms with Crippen molar-refractivity contribution in [3.8, 4) is 0 Å². The lowest BCUT2D eigenvalue weighted by Gasteiger charge is -2.09. The van der Waals surface area contributed by atoms with Crippen LogP contribution in [-0.4, -0.2) is 22.0 Å². The summed E-state index contributed by atoms with van der Waals surface area (Å²) in [7, 11) is -2.18. The molecule has 100 valence electrons. The number of aliphatic imine (C=N–C) groups is 1. The van der Waals surface area contributed by atoms with E-state index >= 15 is 0 Å². The first-order chi connectivity index (χ1) is 8.29. The van der Waals surface area contributed by atoms with E-state index in [0.717, 1.165) is 12.1 Å². The summed E-state index contributed by atoms with van der Waals surface area (Å²) < 4.78 is 36.8. The van der Waals surface area contributed by atoms with E-state index in [1.807, 2.05) is 0 Å². The van der Waals surface area contributed by atoms with Crippen LogP contribution < -0.4 is 11.1 Å². The van der Waals surface area contributed by atoms with Gasteiger partial charge in [0.1, 0.15) is 6.29 Å². The number of nitrogens with one attached hydrogen (secondary N) is 1. The number of halogens is 3. The first-order valence-corrected chi connectivity index (χ1v) is 6.12. The van der Waals surface area contributed by atoms with Crippen molar-refractivity contribution in [3.05, 3.63) is 29.8 Å². The standard InChI is InChI=1S/C9H11F3N3O2P/c10-9(11,12)6-1-3-7(4-2-6)15-8(13)14-5-18(16)17/h1-4,16-17H,5H2,(H3,13,14,15). The van der Waals surface area contributed by atoms with Crippen LogP contribution in [0.25, 0.3) is 0 Å². The average molecular weight is 281 g/mol. The summed E-state index contributed by atoms with van der Waals surface area (Å²) in [4.78, 5) is 20.8. The molecule has 0 aliphatic carbocycles. The first kappa shape index (κ1) is 14.7. The van der Waals surface area contributed by atoms with Crippen molar-refractivity contribution in [2.24, 2.45) is 10.7 Å². The summed E-state index contributed by atoms with van der Waals surface area (Å²) in [6, 6.07) is 4.21. The van der Waals surface area contributed by atoms with Gasteiger partial charge in [-0.05, 0) is 24.3 Å². The molecule has 9 heteroatoms. The Morgan fingerprint density at radius 3 is 2.28 bits per heavy atom. The molecule has 0 saturated carbocycles. The van der Waals surface area contributed by atoms with Gasteiger partial charge in [0.15, 0.2) is 14.3 Å². The summed E-state index contributed by atoms with van der Waals surface area (Å²) in [6.07, 6.45) is -4.64. The van der Waals surface area contributed by atoms with Gasteiger partial charge in [0.05, 0.1) is 5.56 Å². The molecule has 0 saturated heterocycles. The topological polar surface area (TPSA) is 90.9 Å². The maximum Gasteiger partial charge on any atom is 0.416 e. The van der Waals surface area contributed by atoms with Gasteiger partial charge in [-0.1, -0.05) is 0 Å². The number of rotatable bonds is 3. The van der Waals surface area contributed by atoms with Crippen LogP contribution in [0.15, 0.2) is 29.3 Å². The Morgan fingerprint density at radius 2 is 1.83 bits per heavy atom. The molecule has 5 nitrogen and oxygen atoms in total. The normalized spacial score (nSPS) is 12.9. The number of benzene rings is 1. The summed E-state index contributed by atoms with van der Waals surface area (Å²) in [5.41, 5.74) is 4.94. The van der Waals surface area contributed by atoms with Gasteiger partial charge < -0.3 is 20.8 Å². The fraction of sp³-hybridized carbons (Fsp3) is 0.222. The third-order valence-corrected chi connectivity index (χ3v) is 2.25. The summed E-state index contributed by atoms with van der Waals surface area (Å²) >= 11 is 0. The van der Waals surface area contributed by atoms with Gasteiger partial charge in [-0.15, -0.1) is 0 Å². The highest BCUT2D eigenvalue weighted by molar-refractivity contribution is 7.45. The smallest absolute Gasteiger partial charge is 0.370 e. The molecule has 0 aliphatic rings. The molecule has 0 aromatic heterocycles. The predicted molar refractivity (Wildman–Crippen MR) is 62.9 cm³/mol. The van der Waals surface area contributed by atoms with Crippen LogP contribution in [0.2, 0.25) is 0 Å². The Balaban J connectivity index is 2.67. The van der Waals surface area contributed by atoms with Gasteiger partial charge in [0.25, 0.3) is 0 Å². The van der Waals surface area contributed by atoms with Crippen molar-refractivity contribution >= 4 is 20.0 Å². The van der Waals surface area contributed by atoms with E-state index in [1.165, 1.54) is 12.1 Å². The molecule has 1 aromatic rings. The highest BCUT2D eigenvalue weighted by Gasteiger charge is 2.29. The van der Waals surface area contributed by atoms with Gasteiger partial charge in [-0.25, -0.2) is 4.99 Å². The number of nitrogens with two attached hydrogens (primary N) is 1. The largest absolute Gasteiger partial charge is 0.416 e. The zero-order chi connectivity index (χ0) is 13.8. The lowest BCUT2D eigenvalue weighted by atomic mass is 10.2. The molecule has 1 rings (SSSR count). The maximum atomic E-state index is 12.3. The van der Waals surface area contributed by atoms with Crippen molar-refractivity contribution in [3.63, 3.8) is 0 Å². The van der Waals surface area contributed by atoms with Crippen LogP contribution in [-0.2, 0) is 6.18 Å². The molecule has 0 aliphatic heterocycles. The second-order valence-electron chi connectivity index (χ2n) is 3.26. The second-order valence-corrected chi connectivity index (χ2v) is 4.28. The van der Waals surface area contributed by atoms with Gasteiger partial charge in [0, 0.05) is 5.69 Å². The van der Waals surface area contributed by atoms with Gasteiger partial charge in [-0.2, -0.15) is 13.2 Å². The van der Waals surface area contributed by atoms with E-state index in [0.29, 0.717) is 5.69 Å². The number of guanidine groups is 1. The summed E-state index contributed by atoms with van der Waals surface area (Å²) in [5, 5.41) is 2.52. The van der Waals surface area contributed by atoms with E-state index < -0.39 is 20.1 Å². The van der Waals surface area contributed by atoms with E-state index in [-0.39, 0.29) is 12.2 Å². The summed E-state index contributed by atoms with van der Waals surface area (Å²) in [6.45, 7) is 0. The molecular formula is C9H11F3N3O2P. The monoisotopic (exact) mass is 281 g/mol. The molecule has 1 aromatic carbocycles. The SMILES string of the molecule is NC(=NCP(O)O)Nc1ccc(C(F)(F)F)cc1. The Kier molecular flexibility index (Phi) is 4.89. The maximum absolute atomic E-state index is 12.3. The van der Waals surface area contributed by atoms with Crippen LogP contribution in [0.1, 0.15) is 5.56 Å². The third-order valence-electron chi connectivity index (χ3n) is 1.85. The Hall–Kier alpha value is -1.37. The number of hydrogen-bond donors (Lipinski definition) is 4. The molecule has 0 spiro atoms. The predicted octanol–water partition coefficient (Wildman–Crippen LogP) is 1.69. The molecule has 5 N–H and O–H groups in total. The van der Waals surface area contributed by atoms with E-state index in [2.05, 4.69) is 10.3 Å². The minimum absolute atomic E-state index is 0.106. The van der Waals surface area contributed by atoms with Crippen molar-refractivity contribution in [1.82, 2.24) is 0 Å². The van der Waals surface area contributed by atoms with Gasteiger partial charge in [-0.3, -0.25) is 0 Å². The Labute approximate surface area is 102 Å². The quantitative estimate of drug-likeness (QED) is 0.385. The van der Waals surface area contributed by atoms with E-state index in [9.17, 15) is 13.2 Å². The van der Waals surface area contributed by atoms with E-state index in [1.54, 1.807) is 0 Å². The number of anilines is 1. The molecule has 18 heavy (non-hydrogen) atoms. The van der Waals surface area contributed by atoms with Crippen molar-refractivity contribution in [1.29, 1.82) is 0 Å². The van der Waals surface area contributed by atoms with Gasteiger partial charge in [0.2, 0.25) is 0 Å². The fourth-order valence-corrected chi connectivity index (χ4v) is 1.35. The molecule has 0 heterocycles. The molecule has 0 bridgehead atoms. The highest BCUT2D eigenvalue weighted by Crippen LogP contribution is 2.29. The molecule has 0 amide bonds. The molecule has 0 unspecified atom stereocenters. The van der Waals surface area contributed by atoms with Crippen LogP contribution in [0.5, 0.6) is 0 Å². The Bertz CT molecular complexity index is 420. The highest BCUT2D eigenvalue weighted by atomic mass is 31.2. The lowest BCUT2D eigenvalue weighted by molar-refractivity contribution is -0.137. The Morgan fingerprint density at radius 1 is 1.28 bits per heavy atom. The minimum Gasteiger partial charge on any atom is -0.370 e. The van der Waals surface area contributed by atoms with E-state index in [4.69, 9.17) is 15.5 Å². The average Bonchev–Trinajstić information content (AvgIpc) is 2.26. The van der Waals surface area contributed by atoms with Crippen molar-refractivity contribution in [2.45, 2.75) is 6.18 Å². The number of hydrogen-bond acceptors (Lipinski definition) is 3. The third kappa shape index (κ3) is 4.87. The lowest BCUT2D eigenvalue weighted by Crippen LogP contribution is -2.22. The molecule has 0 atom stereocenters. The van der Waals surface area contributed by atoms with Crippen LogP contribution in [0, 0.1) is 0 Å². The first-order valence-electron chi connectivity index (χ1n) is 4.68. The summed E-state index contributed by atoms with van der Waals surface area (Å²) in [5.74, 6) is -0.106. The zero-order valence-corrected chi connectivity index (χ0v) is 9.91. The number of nitrogens with zero attached hydrogens (tertiary/aromatic N) is 1. The van der Waals surface area contributed by atoms with Crippen LogP contribution in [0.4, 0.5) is 18.9 Å². The molecular weight excluding hydrogens is 270 g/mol. The van der Waals surface area contributed by atoms with Crippen molar-refractivity contribution in [2.75, 3.05) is 11.6 Å². The number of alkyl halides is 3. The van der Waals surface area contributed by atoms with Crippen LogP contribution in [0.3, 0.4) is 0 Å². The van der Waals surface area contributed by atoms with Crippen LogP contribution >= 0.6 is 8.38 Å².